The fourth-order valence-electron chi connectivity index (χ4n) is 2.85. The van der Waals surface area contributed by atoms with E-state index in [0.717, 1.165) is 10.2 Å². The molecule has 0 aliphatic rings. The Labute approximate surface area is 183 Å². The average molecular weight is 470 g/mol. The zero-order chi connectivity index (χ0) is 21.3. The van der Waals surface area contributed by atoms with Crippen molar-refractivity contribution in [3.8, 4) is 0 Å². The minimum atomic E-state index is -0.390. The van der Waals surface area contributed by atoms with Gasteiger partial charge in [0.2, 0.25) is 0 Å². The molecule has 3 amide bonds. The van der Waals surface area contributed by atoms with Crippen molar-refractivity contribution >= 4 is 39.2 Å². The van der Waals surface area contributed by atoms with Crippen LogP contribution in [0.4, 0.5) is 20.6 Å². The Bertz CT molecular complexity index is 980. The number of nitrogens with zero attached hydrogens (tertiary/aromatic N) is 1. The van der Waals surface area contributed by atoms with Gasteiger partial charge in [-0.2, -0.15) is 0 Å². The van der Waals surface area contributed by atoms with Gasteiger partial charge in [-0.05, 0) is 67.1 Å². The van der Waals surface area contributed by atoms with E-state index in [0.29, 0.717) is 30.8 Å². The van der Waals surface area contributed by atoms with Crippen LogP contribution in [0.3, 0.4) is 0 Å². The molecule has 0 saturated carbocycles. The van der Waals surface area contributed by atoms with Crippen LogP contribution in [-0.4, -0.2) is 25.0 Å². The van der Waals surface area contributed by atoms with Crippen LogP contribution in [0, 0.1) is 5.82 Å². The molecule has 0 atom stereocenters. The van der Waals surface area contributed by atoms with Crippen molar-refractivity contribution in [1.29, 1.82) is 0 Å². The smallest absolute Gasteiger partial charge is 0.319 e. The standard InChI is InChI=1S/C23H21BrFN3O2/c24-18-9-13-20(14-10-18)27-23(30)26-15-4-16-28(21-5-2-1-3-6-21)22(29)17-7-11-19(25)12-8-17/h1-3,5-14H,4,15-16H2,(H2,26,27,30). The minimum Gasteiger partial charge on any atom is -0.338 e. The van der Waals surface area contributed by atoms with Gasteiger partial charge in [0.1, 0.15) is 5.82 Å². The van der Waals surface area contributed by atoms with E-state index in [1.54, 1.807) is 17.0 Å². The van der Waals surface area contributed by atoms with Gasteiger partial charge < -0.3 is 15.5 Å². The molecule has 0 bridgehead atoms. The molecule has 0 aliphatic heterocycles. The highest BCUT2D eigenvalue weighted by Gasteiger charge is 2.17. The van der Waals surface area contributed by atoms with Crippen LogP contribution in [0.1, 0.15) is 16.8 Å². The number of anilines is 2. The molecule has 0 fully saturated rings. The van der Waals surface area contributed by atoms with Crippen LogP contribution in [0.5, 0.6) is 0 Å². The third kappa shape index (κ3) is 6.15. The van der Waals surface area contributed by atoms with E-state index in [1.807, 2.05) is 42.5 Å². The lowest BCUT2D eigenvalue weighted by atomic mass is 10.1. The predicted molar refractivity (Wildman–Crippen MR) is 120 cm³/mol. The molecule has 5 nitrogen and oxygen atoms in total. The molecule has 7 heteroatoms. The number of hydrogen-bond donors (Lipinski definition) is 2. The van der Waals surface area contributed by atoms with Gasteiger partial charge in [-0.25, -0.2) is 9.18 Å². The van der Waals surface area contributed by atoms with Gasteiger partial charge in [-0.1, -0.05) is 34.1 Å². The summed E-state index contributed by atoms with van der Waals surface area (Å²) in [4.78, 5) is 26.6. The number of rotatable bonds is 7. The molecular formula is C23H21BrFN3O2. The first-order valence-corrected chi connectivity index (χ1v) is 10.2. The predicted octanol–water partition coefficient (Wildman–Crippen LogP) is 5.45. The summed E-state index contributed by atoms with van der Waals surface area (Å²) in [6.45, 7) is 0.793. The number of benzene rings is 3. The molecule has 3 rings (SSSR count). The van der Waals surface area contributed by atoms with Crippen LogP contribution in [0.15, 0.2) is 83.3 Å². The number of hydrogen-bond acceptors (Lipinski definition) is 2. The number of carbonyl (C=O) groups excluding carboxylic acids is 2. The van der Waals surface area contributed by atoms with E-state index < -0.39 is 5.82 Å². The molecule has 30 heavy (non-hydrogen) atoms. The number of halogens is 2. The summed E-state index contributed by atoms with van der Waals surface area (Å²) in [5.41, 5.74) is 1.83. The lowest BCUT2D eigenvalue weighted by Crippen LogP contribution is -2.35. The van der Waals surface area contributed by atoms with Crippen molar-refractivity contribution in [2.75, 3.05) is 23.3 Å². The molecule has 0 aliphatic carbocycles. The summed E-state index contributed by atoms with van der Waals surface area (Å²) in [5.74, 6) is -0.612. The zero-order valence-corrected chi connectivity index (χ0v) is 17.7. The lowest BCUT2D eigenvalue weighted by molar-refractivity contribution is 0.0986. The first-order chi connectivity index (χ1) is 14.5. The Balaban J connectivity index is 1.57. The third-order valence-corrected chi connectivity index (χ3v) is 4.88. The van der Waals surface area contributed by atoms with E-state index in [9.17, 15) is 14.0 Å². The van der Waals surface area contributed by atoms with E-state index in [2.05, 4.69) is 26.6 Å². The van der Waals surface area contributed by atoms with Gasteiger partial charge in [0, 0.05) is 34.5 Å². The summed E-state index contributed by atoms with van der Waals surface area (Å²) in [6, 6.07) is 21.7. The van der Waals surface area contributed by atoms with Gasteiger partial charge in [-0.3, -0.25) is 4.79 Å². The maximum absolute atomic E-state index is 13.2. The maximum Gasteiger partial charge on any atom is 0.319 e. The Morgan fingerprint density at radius 3 is 2.23 bits per heavy atom. The van der Waals surface area contributed by atoms with Crippen molar-refractivity contribution in [1.82, 2.24) is 5.32 Å². The van der Waals surface area contributed by atoms with Crippen LogP contribution >= 0.6 is 15.9 Å². The fourth-order valence-corrected chi connectivity index (χ4v) is 3.12. The minimum absolute atomic E-state index is 0.222. The second-order valence-corrected chi connectivity index (χ2v) is 7.46. The highest BCUT2D eigenvalue weighted by atomic mass is 79.9. The zero-order valence-electron chi connectivity index (χ0n) is 16.1. The highest BCUT2D eigenvalue weighted by Crippen LogP contribution is 2.18. The molecular weight excluding hydrogens is 449 g/mol. The summed E-state index contributed by atoms with van der Waals surface area (Å²) < 4.78 is 14.1. The monoisotopic (exact) mass is 469 g/mol. The van der Waals surface area contributed by atoms with Crippen LogP contribution in [-0.2, 0) is 0 Å². The number of amides is 3. The summed E-state index contributed by atoms with van der Waals surface area (Å²) in [5, 5.41) is 5.55. The second kappa shape index (κ2) is 10.5. The first-order valence-electron chi connectivity index (χ1n) is 9.46. The van der Waals surface area contributed by atoms with Crippen LogP contribution in [0.25, 0.3) is 0 Å². The Morgan fingerprint density at radius 2 is 1.57 bits per heavy atom. The van der Waals surface area contributed by atoms with Crippen molar-refractivity contribution in [3.05, 3.63) is 94.7 Å². The average Bonchev–Trinajstić information content (AvgIpc) is 2.76. The molecule has 0 radical (unpaired) electrons. The molecule has 0 spiro atoms. The van der Waals surface area contributed by atoms with Crippen molar-refractivity contribution < 1.29 is 14.0 Å². The SMILES string of the molecule is O=C(NCCCN(C(=O)c1ccc(F)cc1)c1ccccc1)Nc1ccc(Br)cc1. The topological polar surface area (TPSA) is 61.4 Å². The van der Waals surface area contributed by atoms with Crippen molar-refractivity contribution in [2.24, 2.45) is 0 Å². The first kappa shape index (κ1) is 21.5. The second-order valence-electron chi connectivity index (χ2n) is 6.54. The molecule has 154 valence electrons. The normalized spacial score (nSPS) is 10.3. The fraction of sp³-hybridized carbons (Fsp3) is 0.130. The van der Waals surface area contributed by atoms with Crippen LogP contribution in [0.2, 0.25) is 0 Å². The van der Waals surface area contributed by atoms with E-state index >= 15 is 0 Å². The Kier molecular flexibility index (Phi) is 7.57. The molecule has 0 aromatic heterocycles. The molecule has 3 aromatic carbocycles. The lowest BCUT2D eigenvalue weighted by Gasteiger charge is -2.23. The van der Waals surface area contributed by atoms with E-state index in [-0.39, 0.29) is 11.9 Å². The summed E-state index contributed by atoms with van der Waals surface area (Å²) in [7, 11) is 0. The van der Waals surface area contributed by atoms with Gasteiger partial charge in [0.15, 0.2) is 0 Å². The number of urea groups is 1. The molecule has 0 heterocycles. The van der Waals surface area contributed by atoms with Gasteiger partial charge in [0.05, 0.1) is 0 Å². The quantitative estimate of drug-likeness (QED) is 0.452. The van der Waals surface area contributed by atoms with Gasteiger partial charge in [-0.15, -0.1) is 0 Å². The van der Waals surface area contributed by atoms with Gasteiger partial charge in [0.25, 0.3) is 5.91 Å². The molecule has 0 unspecified atom stereocenters. The third-order valence-electron chi connectivity index (χ3n) is 4.35. The van der Waals surface area contributed by atoms with E-state index in [1.165, 1.54) is 24.3 Å². The summed E-state index contributed by atoms with van der Waals surface area (Å²) >= 11 is 3.35. The van der Waals surface area contributed by atoms with Crippen LogP contribution < -0.4 is 15.5 Å². The van der Waals surface area contributed by atoms with Gasteiger partial charge >= 0.3 is 6.03 Å². The number of nitrogens with one attached hydrogen (secondary N) is 2. The Hall–Kier alpha value is -3.19. The number of para-hydroxylation sites is 1. The van der Waals surface area contributed by atoms with E-state index in [4.69, 9.17) is 0 Å². The Morgan fingerprint density at radius 1 is 0.900 bits per heavy atom. The maximum atomic E-state index is 13.2. The molecule has 3 aromatic rings. The number of carbonyl (C=O) groups is 2. The highest BCUT2D eigenvalue weighted by molar-refractivity contribution is 9.10. The van der Waals surface area contributed by atoms with Crippen molar-refractivity contribution in [2.45, 2.75) is 6.42 Å². The largest absolute Gasteiger partial charge is 0.338 e. The van der Waals surface area contributed by atoms with Crippen molar-refractivity contribution in [3.63, 3.8) is 0 Å². The molecule has 0 saturated heterocycles. The molecule has 2 N–H and O–H groups in total. The summed E-state index contributed by atoms with van der Waals surface area (Å²) in [6.07, 6.45) is 0.551.